The number of carbonyl (C=O) groups excluding carboxylic acids is 1. The second-order valence-electron chi connectivity index (χ2n) is 4.78. The first kappa shape index (κ1) is 15.8. The number of amides is 1. The fourth-order valence-electron chi connectivity index (χ4n) is 2.21. The van der Waals surface area contributed by atoms with Crippen molar-refractivity contribution in [3.05, 3.63) is 26.6 Å². The van der Waals surface area contributed by atoms with Gasteiger partial charge in [0.15, 0.2) is 6.61 Å². The molecule has 1 N–H and O–H groups in total. The van der Waals surface area contributed by atoms with Gasteiger partial charge >= 0.3 is 0 Å². The van der Waals surface area contributed by atoms with Crippen LogP contribution in [-0.4, -0.2) is 35.6 Å². The van der Waals surface area contributed by atoms with E-state index in [2.05, 4.69) is 31.9 Å². The van der Waals surface area contributed by atoms with Crippen LogP contribution in [0.25, 0.3) is 0 Å². The van der Waals surface area contributed by atoms with Crippen LogP contribution < -0.4 is 4.74 Å². The standard InChI is InChI=1S/C14H17Br2NO3/c15-11-6-10(8-18)7-12(16)14(11)20-9-13(19)17-4-2-1-3-5-17/h6-7,18H,1-5,8-9H2. The molecule has 0 saturated carbocycles. The van der Waals surface area contributed by atoms with Crippen molar-refractivity contribution < 1.29 is 14.6 Å². The van der Waals surface area contributed by atoms with Crippen molar-refractivity contribution in [3.63, 3.8) is 0 Å². The number of likely N-dealkylation sites (tertiary alicyclic amines) is 1. The number of carbonyl (C=O) groups is 1. The molecule has 0 atom stereocenters. The van der Waals surface area contributed by atoms with E-state index in [1.165, 1.54) is 6.42 Å². The van der Waals surface area contributed by atoms with Gasteiger partial charge in [-0.25, -0.2) is 0 Å². The van der Waals surface area contributed by atoms with Crippen LogP contribution in [-0.2, 0) is 11.4 Å². The lowest BCUT2D eigenvalue weighted by Gasteiger charge is -2.26. The Morgan fingerprint density at radius 1 is 1.20 bits per heavy atom. The highest BCUT2D eigenvalue weighted by Crippen LogP contribution is 2.34. The smallest absolute Gasteiger partial charge is 0.260 e. The fourth-order valence-corrected chi connectivity index (χ4v) is 3.72. The van der Waals surface area contributed by atoms with Gasteiger partial charge in [-0.3, -0.25) is 4.79 Å². The summed E-state index contributed by atoms with van der Waals surface area (Å²) >= 11 is 6.79. The minimum absolute atomic E-state index is 0.0229. The number of rotatable bonds is 4. The van der Waals surface area contributed by atoms with E-state index in [4.69, 9.17) is 9.84 Å². The molecule has 0 unspecified atom stereocenters. The third-order valence-electron chi connectivity index (χ3n) is 3.29. The minimum Gasteiger partial charge on any atom is -0.481 e. The van der Waals surface area contributed by atoms with Crippen LogP contribution >= 0.6 is 31.9 Å². The largest absolute Gasteiger partial charge is 0.481 e. The summed E-state index contributed by atoms with van der Waals surface area (Å²) in [5.41, 5.74) is 0.776. The predicted octanol–water partition coefficient (Wildman–Crippen LogP) is 3.10. The Labute approximate surface area is 135 Å². The summed E-state index contributed by atoms with van der Waals surface area (Å²) in [4.78, 5) is 13.9. The van der Waals surface area contributed by atoms with E-state index in [-0.39, 0.29) is 19.1 Å². The third kappa shape index (κ3) is 3.96. The van der Waals surface area contributed by atoms with Crippen molar-refractivity contribution in [1.29, 1.82) is 0 Å². The summed E-state index contributed by atoms with van der Waals surface area (Å²) < 4.78 is 7.06. The quantitative estimate of drug-likeness (QED) is 0.835. The molecular weight excluding hydrogens is 390 g/mol. The van der Waals surface area contributed by atoms with Gasteiger partial charge in [0.2, 0.25) is 0 Å². The summed E-state index contributed by atoms with van der Waals surface area (Å²) in [6.45, 7) is 1.65. The molecule has 1 fully saturated rings. The van der Waals surface area contributed by atoms with Gasteiger partial charge in [-0.2, -0.15) is 0 Å². The van der Waals surface area contributed by atoms with Gasteiger partial charge in [0, 0.05) is 13.1 Å². The molecule has 1 aliphatic rings. The molecule has 0 aromatic heterocycles. The van der Waals surface area contributed by atoms with Crippen LogP contribution in [0.3, 0.4) is 0 Å². The van der Waals surface area contributed by atoms with E-state index in [0.29, 0.717) is 5.75 Å². The lowest BCUT2D eigenvalue weighted by molar-refractivity contribution is -0.134. The van der Waals surface area contributed by atoms with E-state index in [0.717, 1.165) is 40.4 Å². The molecule has 1 aromatic carbocycles. The molecule has 1 saturated heterocycles. The Kier molecular flexibility index (Phi) is 5.86. The molecule has 1 aromatic rings. The van der Waals surface area contributed by atoms with Crippen molar-refractivity contribution in [2.75, 3.05) is 19.7 Å². The molecule has 0 radical (unpaired) electrons. The highest BCUT2D eigenvalue weighted by molar-refractivity contribution is 9.11. The molecule has 1 heterocycles. The van der Waals surface area contributed by atoms with Crippen molar-refractivity contribution in [2.24, 2.45) is 0 Å². The van der Waals surface area contributed by atoms with Gasteiger partial charge in [-0.1, -0.05) is 0 Å². The molecule has 1 amide bonds. The molecule has 20 heavy (non-hydrogen) atoms. The zero-order valence-corrected chi connectivity index (χ0v) is 14.2. The first-order valence-corrected chi connectivity index (χ1v) is 8.19. The number of halogens is 2. The second-order valence-corrected chi connectivity index (χ2v) is 6.49. The normalized spacial score (nSPS) is 15.2. The molecule has 0 aliphatic carbocycles. The molecular formula is C14H17Br2NO3. The summed E-state index contributed by atoms with van der Waals surface area (Å²) in [5, 5.41) is 9.12. The van der Waals surface area contributed by atoms with E-state index in [1.54, 1.807) is 12.1 Å². The maximum absolute atomic E-state index is 12.0. The number of piperidine rings is 1. The number of hydrogen-bond acceptors (Lipinski definition) is 3. The van der Waals surface area contributed by atoms with E-state index in [9.17, 15) is 4.79 Å². The van der Waals surface area contributed by atoms with Crippen molar-refractivity contribution in [2.45, 2.75) is 25.9 Å². The third-order valence-corrected chi connectivity index (χ3v) is 4.47. The lowest BCUT2D eigenvalue weighted by atomic mass is 10.1. The minimum atomic E-state index is -0.0375. The second kappa shape index (κ2) is 7.43. The Morgan fingerprint density at radius 3 is 2.35 bits per heavy atom. The van der Waals surface area contributed by atoms with Gasteiger partial charge < -0.3 is 14.7 Å². The first-order chi connectivity index (χ1) is 9.61. The molecule has 2 rings (SSSR count). The Balaban J connectivity index is 1.98. The Bertz CT molecular complexity index is 464. The average molecular weight is 407 g/mol. The molecule has 4 nitrogen and oxygen atoms in total. The Hall–Kier alpha value is -0.590. The summed E-state index contributed by atoms with van der Waals surface area (Å²) in [5.74, 6) is 0.613. The molecule has 0 bridgehead atoms. The Morgan fingerprint density at radius 2 is 1.80 bits per heavy atom. The monoisotopic (exact) mass is 405 g/mol. The van der Waals surface area contributed by atoms with Gasteiger partial charge in [0.05, 0.1) is 15.6 Å². The van der Waals surface area contributed by atoms with Crippen LogP contribution in [0.1, 0.15) is 24.8 Å². The lowest BCUT2D eigenvalue weighted by Crippen LogP contribution is -2.38. The molecule has 0 spiro atoms. The van der Waals surface area contributed by atoms with Crippen LogP contribution in [0.4, 0.5) is 0 Å². The summed E-state index contributed by atoms with van der Waals surface area (Å²) in [6, 6.07) is 3.57. The highest BCUT2D eigenvalue weighted by atomic mass is 79.9. The SMILES string of the molecule is O=C(COc1c(Br)cc(CO)cc1Br)N1CCCCC1. The van der Waals surface area contributed by atoms with Gasteiger partial charge in [-0.15, -0.1) is 0 Å². The zero-order valence-electron chi connectivity index (χ0n) is 11.1. The number of aliphatic hydroxyl groups is 1. The zero-order chi connectivity index (χ0) is 14.5. The van der Waals surface area contributed by atoms with Crippen molar-refractivity contribution in [3.8, 4) is 5.75 Å². The average Bonchev–Trinajstić information content (AvgIpc) is 2.46. The van der Waals surface area contributed by atoms with Crippen LogP contribution in [0.5, 0.6) is 5.75 Å². The number of benzene rings is 1. The van der Waals surface area contributed by atoms with Gasteiger partial charge in [0.1, 0.15) is 5.75 Å². The summed E-state index contributed by atoms with van der Waals surface area (Å²) in [6.07, 6.45) is 3.35. The van der Waals surface area contributed by atoms with Crippen molar-refractivity contribution in [1.82, 2.24) is 4.90 Å². The van der Waals surface area contributed by atoms with E-state index >= 15 is 0 Å². The molecule has 6 heteroatoms. The maximum Gasteiger partial charge on any atom is 0.260 e. The van der Waals surface area contributed by atoms with Crippen LogP contribution in [0.2, 0.25) is 0 Å². The topological polar surface area (TPSA) is 49.8 Å². The van der Waals surface area contributed by atoms with Crippen molar-refractivity contribution >= 4 is 37.8 Å². The van der Waals surface area contributed by atoms with E-state index in [1.807, 2.05) is 4.90 Å². The van der Waals surface area contributed by atoms with E-state index < -0.39 is 0 Å². The van der Waals surface area contributed by atoms with Crippen LogP contribution in [0, 0.1) is 0 Å². The number of hydrogen-bond donors (Lipinski definition) is 1. The van der Waals surface area contributed by atoms with Crippen LogP contribution in [0.15, 0.2) is 21.1 Å². The number of aliphatic hydroxyl groups excluding tert-OH is 1. The number of ether oxygens (including phenoxy) is 1. The molecule has 1 aliphatic heterocycles. The van der Waals surface area contributed by atoms with Gasteiger partial charge in [0.25, 0.3) is 5.91 Å². The number of nitrogens with zero attached hydrogens (tertiary/aromatic N) is 1. The fraction of sp³-hybridized carbons (Fsp3) is 0.500. The van der Waals surface area contributed by atoms with Gasteiger partial charge in [-0.05, 0) is 68.8 Å². The predicted molar refractivity (Wildman–Crippen MR) is 83.7 cm³/mol. The maximum atomic E-state index is 12.0. The summed E-state index contributed by atoms with van der Waals surface area (Å²) in [7, 11) is 0. The molecule has 110 valence electrons. The highest BCUT2D eigenvalue weighted by Gasteiger charge is 2.18. The first-order valence-electron chi connectivity index (χ1n) is 6.61.